The highest BCUT2D eigenvalue weighted by Crippen LogP contribution is 2.35. The summed E-state index contributed by atoms with van der Waals surface area (Å²) in [7, 11) is 0. The normalized spacial score (nSPS) is 11.9. The molecular weight excluding hydrogens is 398 g/mol. The molecule has 0 aliphatic heterocycles. The van der Waals surface area contributed by atoms with Crippen molar-refractivity contribution in [2.45, 2.75) is 6.18 Å². The standard InChI is InChI=1S/C19H10Cl2F3N3/c20-13-6-4-11(5-7-13)16-9-17(19(22,23)24)27-18(26-16)15(10-25-27)12-2-1-3-14(21)8-12/h1-10H. The third-order valence-corrected chi connectivity index (χ3v) is 4.52. The number of benzene rings is 2. The van der Waals surface area contributed by atoms with Gasteiger partial charge in [0.2, 0.25) is 0 Å². The predicted molar refractivity (Wildman–Crippen MR) is 98.9 cm³/mol. The minimum atomic E-state index is -4.60. The number of aromatic nitrogens is 3. The summed E-state index contributed by atoms with van der Waals surface area (Å²) < 4.78 is 41.7. The number of hydrogen-bond donors (Lipinski definition) is 0. The van der Waals surface area contributed by atoms with Crippen LogP contribution in [0.3, 0.4) is 0 Å². The van der Waals surface area contributed by atoms with Crippen LogP contribution in [0.5, 0.6) is 0 Å². The zero-order chi connectivity index (χ0) is 19.2. The minimum Gasteiger partial charge on any atom is -0.228 e. The predicted octanol–water partition coefficient (Wildman–Crippen LogP) is 6.39. The summed E-state index contributed by atoms with van der Waals surface area (Å²) in [5.41, 5.74) is 0.967. The van der Waals surface area contributed by atoms with Crippen LogP contribution in [0.25, 0.3) is 28.0 Å². The van der Waals surface area contributed by atoms with Crippen LogP contribution < -0.4 is 0 Å². The molecule has 4 rings (SSSR count). The molecule has 0 spiro atoms. The summed E-state index contributed by atoms with van der Waals surface area (Å²) in [4.78, 5) is 4.43. The number of nitrogens with zero attached hydrogens (tertiary/aromatic N) is 3. The van der Waals surface area contributed by atoms with E-state index in [1.54, 1.807) is 48.5 Å². The first kappa shape index (κ1) is 17.8. The van der Waals surface area contributed by atoms with Crippen molar-refractivity contribution in [1.82, 2.24) is 14.6 Å². The lowest BCUT2D eigenvalue weighted by molar-refractivity contribution is -0.142. The van der Waals surface area contributed by atoms with Crippen LogP contribution in [-0.2, 0) is 6.18 Å². The molecule has 3 nitrogen and oxygen atoms in total. The van der Waals surface area contributed by atoms with Gasteiger partial charge in [0.05, 0.1) is 11.9 Å². The van der Waals surface area contributed by atoms with Crippen LogP contribution >= 0.6 is 23.2 Å². The van der Waals surface area contributed by atoms with E-state index in [1.807, 2.05) is 0 Å². The van der Waals surface area contributed by atoms with Gasteiger partial charge in [-0.2, -0.15) is 18.3 Å². The first-order valence-electron chi connectivity index (χ1n) is 7.81. The highest BCUT2D eigenvalue weighted by molar-refractivity contribution is 6.31. The first-order chi connectivity index (χ1) is 12.8. The molecule has 0 aliphatic rings. The third kappa shape index (κ3) is 3.38. The smallest absolute Gasteiger partial charge is 0.228 e. The Hall–Kier alpha value is -2.57. The average molecular weight is 408 g/mol. The fourth-order valence-corrected chi connectivity index (χ4v) is 3.11. The molecule has 0 aliphatic carbocycles. The van der Waals surface area contributed by atoms with E-state index in [4.69, 9.17) is 23.2 Å². The van der Waals surface area contributed by atoms with Crippen molar-refractivity contribution >= 4 is 28.8 Å². The molecule has 0 N–H and O–H groups in total. The monoisotopic (exact) mass is 407 g/mol. The number of halogens is 5. The van der Waals surface area contributed by atoms with E-state index in [0.717, 1.165) is 10.6 Å². The van der Waals surface area contributed by atoms with E-state index < -0.39 is 11.9 Å². The fourth-order valence-electron chi connectivity index (χ4n) is 2.79. The second-order valence-corrected chi connectivity index (χ2v) is 6.71. The average Bonchev–Trinajstić information content (AvgIpc) is 3.04. The van der Waals surface area contributed by atoms with Gasteiger partial charge in [-0.15, -0.1) is 0 Å². The van der Waals surface area contributed by atoms with Crippen LogP contribution in [0.15, 0.2) is 60.8 Å². The Morgan fingerprint density at radius 2 is 1.59 bits per heavy atom. The maximum Gasteiger partial charge on any atom is 0.433 e. The number of alkyl halides is 3. The van der Waals surface area contributed by atoms with Gasteiger partial charge in [-0.1, -0.05) is 47.5 Å². The molecule has 0 radical (unpaired) electrons. The van der Waals surface area contributed by atoms with Crippen molar-refractivity contribution in [3.05, 3.63) is 76.5 Å². The fraction of sp³-hybridized carbons (Fsp3) is 0.0526. The van der Waals surface area contributed by atoms with E-state index in [1.165, 1.54) is 6.20 Å². The molecule has 2 aromatic heterocycles. The van der Waals surface area contributed by atoms with Crippen molar-refractivity contribution in [1.29, 1.82) is 0 Å². The minimum absolute atomic E-state index is 0.0945. The Bertz CT molecular complexity index is 1140. The van der Waals surface area contributed by atoms with E-state index >= 15 is 0 Å². The van der Waals surface area contributed by atoms with Gasteiger partial charge in [0.25, 0.3) is 0 Å². The van der Waals surface area contributed by atoms with Gasteiger partial charge < -0.3 is 0 Å². The van der Waals surface area contributed by atoms with Crippen molar-refractivity contribution in [2.24, 2.45) is 0 Å². The van der Waals surface area contributed by atoms with Crippen molar-refractivity contribution in [3.8, 4) is 22.4 Å². The van der Waals surface area contributed by atoms with Crippen LogP contribution in [-0.4, -0.2) is 14.6 Å². The van der Waals surface area contributed by atoms with E-state index in [-0.39, 0.29) is 11.3 Å². The lowest BCUT2D eigenvalue weighted by Crippen LogP contribution is -2.13. The van der Waals surface area contributed by atoms with Crippen molar-refractivity contribution in [3.63, 3.8) is 0 Å². The number of hydrogen-bond acceptors (Lipinski definition) is 2. The summed E-state index contributed by atoms with van der Waals surface area (Å²) >= 11 is 11.9. The number of fused-ring (bicyclic) bond motifs is 1. The van der Waals surface area contributed by atoms with Gasteiger partial charge in [-0.25, -0.2) is 9.50 Å². The Labute approximate surface area is 162 Å². The third-order valence-electron chi connectivity index (χ3n) is 4.04. The first-order valence-corrected chi connectivity index (χ1v) is 8.56. The second kappa shape index (κ2) is 6.55. The molecule has 0 saturated heterocycles. The van der Waals surface area contributed by atoms with Crippen LogP contribution in [0.1, 0.15) is 5.69 Å². The molecule has 2 heterocycles. The Morgan fingerprint density at radius 3 is 2.26 bits per heavy atom. The summed E-state index contributed by atoms with van der Waals surface area (Å²) in [6.07, 6.45) is -3.24. The highest BCUT2D eigenvalue weighted by atomic mass is 35.5. The van der Waals surface area contributed by atoms with Gasteiger partial charge in [0.1, 0.15) is 0 Å². The van der Waals surface area contributed by atoms with Crippen LogP contribution in [0.4, 0.5) is 13.2 Å². The molecule has 0 atom stereocenters. The molecule has 0 fully saturated rings. The topological polar surface area (TPSA) is 30.2 Å². The summed E-state index contributed by atoms with van der Waals surface area (Å²) in [6.45, 7) is 0. The van der Waals surface area contributed by atoms with Gasteiger partial charge in [-0.05, 0) is 35.9 Å². The lowest BCUT2D eigenvalue weighted by Gasteiger charge is -2.12. The summed E-state index contributed by atoms with van der Waals surface area (Å²) in [5, 5.41) is 4.87. The molecule has 27 heavy (non-hydrogen) atoms. The molecule has 136 valence electrons. The SMILES string of the molecule is FC(F)(F)c1cc(-c2ccc(Cl)cc2)nc2c(-c3cccc(Cl)c3)cnn12. The second-order valence-electron chi connectivity index (χ2n) is 5.84. The van der Waals surface area contributed by atoms with Crippen LogP contribution in [0, 0.1) is 0 Å². The summed E-state index contributed by atoms with van der Waals surface area (Å²) in [5.74, 6) is 0. The van der Waals surface area contributed by atoms with E-state index in [9.17, 15) is 13.2 Å². The maximum atomic E-state index is 13.6. The molecule has 0 bridgehead atoms. The molecular formula is C19H10Cl2F3N3. The van der Waals surface area contributed by atoms with Crippen molar-refractivity contribution < 1.29 is 13.2 Å². The van der Waals surface area contributed by atoms with E-state index in [2.05, 4.69) is 10.1 Å². The zero-order valence-corrected chi connectivity index (χ0v) is 15.0. The summed E-state index contributed by atoms with van der Waals surface area (Å²) in [6, 6.07) is 14.2. The van der Waals surface area contributed by atoms with Gasteiger partial charge >= 0.3 is 6.18 Å². The molecule has 2 aromatic carbocycles. The largest absolute Gasteiger partial charge is 0.433 e. The zero-order valence-electron chi connectivity index (χ0n) is 13.5. The van der Waals surface area contributed by atoms with E-state index in [0.29, 0.717) is 26.7 Å². The van der Waals surface area contributed by atoms with Crippen molar-refractivity contribution in [2.75, 3.05) is 0 Å². The quantitative estimate of drug-likeness (QED) is 0.385. The molecule has 0 saturated carbocycles. The lowest BCUT2D eigenvalue weighted by atomic mass is 10.1. The molecule has 0 amide bonds. The molecule has 0 unspecified atom stereocenters. The van der Waals surface area contributed by atoms with Gasteiger partial charge in [0.15, 0.2) is 11.3 Å². The Balaban J connectivity index is 2.01. The Morgan fingerprint density at radius 1 is 0.852 bits per heavy atom. The molecule has 4 aromatic rings. The van der Waals surface area contributed by atoms with Crippen LogP contribution in [0.2, 0.25) is 10.0 Å². The van der Waals surface area contributed by atoms with Gasteiger partial charge in [-0.3, -0.25) is 0 Å². The Kier molecular flexibility index (Phi) is 4.32. The number of rotatable bonds is 2. The van der Waals surface area contributed by atoms with Gasteiger partial charge in [0, 0.05) is 21.2 Å². The highest BCUT2D eigenvalue weighted by Gasteiger charge is 2.35. The molecule has 8 heteroatoms. The maximum absolute atomic E-state index is 13.6.